The minimum atomic E-state index is -3.44. The highest BCUT2D eigenvalue weighted by Crippen LogP contribution is 2.06. The molecule has 0 heterocycles. The highest BCUT2D eigenvalue weighted by molar-refractivity contribution is 7.98. The summed E-state index contributed by atoms with van der Waals surface area (Å²) in [7, 11) is -3.44. The highest BCUT2D eigenvalue weighted by Gasteiger charge is 2.25. The Bertz CT molecular complexity index is 385. The average Bonchev–Trinajstić information content (AvgIpc) is 2.39. The van der Waals surface area contributed by atoms with E-state index in [1.165, 1.54) is 6.92 Å². The predicted molar refractivity (Wildman–Crippen MR) is 83.2 cm³/mol. The van der Waals surface area contributed by atoms with Gasteiger partial charge in [-0.15, -0.1) is 0 Å². The van der Waals surface area contributed by atoms with Crippen LogP contribution >= 0.6 is 11.8 Å². The molecule has 0 saturated carbocycles. The van der Waals surface area contributed by atoms with E-state index in [0.717, 1.165) is 0 Å². The van der Waals surface area contributed by atoms with E-state index in [1.807, 2.05) is 20.1 Å². The van der Waals surface area contributed by atoms with Gasteiger partial charge in [0, 0.05) is 0 Å². The number of thioether (sulfide) groups is 1. The Kier molecular flexibility index (Phi) is 9.45. The number of nitrogens with one attached hydrogen (secondary N) is 2. The second-order valence-electron chi connectivity index (χ2n) is 4.90. The number of carbonyl (C=O) groups excluding carboxylic acids is 1. The van der Waals surface area contributed by atoms with Crippen molar-refractivity contribution in [2.24, 2.45) is 5.92 Å². The molecule has 6 nitrogen and oxygen atoms in total. The molecule has 0 bridgehead atoms. The molecule has 0 rings (SSSR count). The Hall–Kier alpha value is -0.310. The van der Waals surface area contributed by atoms with Gasteiger partial charge in [-0.25, -0.2) is 13.1 Å². The first-order valence-corrected chi connectivity index (χ1v) is 9.72. The average molecular weight is 326 g/mol. The Morgan fingerprint density at radius 2 is 1.95 bits per heavy atom. The number of hydrogen-bond acceptors (Lipinski definition) is 5. The Morgan fingerprint density at radius 1 is 1.35 bits per heavy atom. The van der Waals surface area contributed by atoms with Crippen molar-refractivity contribution < 1.29 is 18.3 Å². The molecule has 0 aliphatic carbocycles. The summed E-state index contributed by atoms with van der Waals surface area (Å²) < 4.78 is 25.6. The molecule has 0 aromatic rings. The number of amides is 1. The lowest BCUT2D eigenvalue weighted by molar-refractivity contribution is -0.124. The van der Waals surface area contributed by atoms with Crippen LogP contribution in [-0.2, 0) is 14.8 Å². The third-order valence-corrected chi connectivity index (χ3v) is 5.01. The van der Waals surface area contributed by atoms with Gasteiger partial charge in [-0.2, -0.15) is 11.8 Å². The van der Waals surface area contributed by atoms with Crippen LogP contribution in [0.4, 0.5) is 0 Å². The maximum atomic E-state index is 12.2. The first kappa shape index (κ1) is 19.7. The second-order valence-corrected chi connectivity index (χ2v) is 7.93. The van der Waals surface area contributed by atoms with Gasteiger partial charge < -0.3 is 10.4 Å². The van der Waals surface area contributed by atoms with Crippen LogP contribution in [0.5, 0.6) is 0 Å². The summed E-state index contributed by atoms with van der Waals surface area (Å²) >= 11 is 1.55. The fourth-order valence-corrected chi connectivity index (χ4v) is 2.78. The number of aliphatic hydroxyl groups is 1. The molecule has 120 valence electrons. The Morgan fingerprint density at radius 3 is 2.35 bits per heavy atom. The summed E-state index contributed by atoms with van der Waals surface area (Å²) in [5, 5.41) is 11.9. The van der Waals surface area contributed by atoms with E-state index in [4.69, 9.17) is 0 Å². The summed E-state index contributed by atoms with van der Waals surface area (Å²) in [6, 6.07) is -1.16. The van der Waals surface area contributed by atoms with E-state index in [2.05, 4.69) is 10.0 Å². The molecule has 0 radical (unpaired) electrons. The Balaban J connectivity index is 4.80. The van der Waals surface area contributed by atoms with Gasteiger partial charge >= 0.3 is 0 Å². The number of rotatable bonds is 10. The van der Waals surface area contributed by atoms with Gasteiger partial charge in [0.1, 0.15) is 6.04 Å². The molecule has 0 fully saturated rings. The maximum absolute atomic E-state index is 12.2. The minimum Gasteiger partial charge on any atom is -0.394 e. The smallest absolute Gasteiger partial charge is 0.238 e. The van der Waals surface area contributed by atoms with Gasteiger partial charge in [0.05, 0.1) is 18.4 Å². The van der Waals surface area contributed by atoms with Gasteiger partial charge in [-0.3, -0.25) is 4.79 Å². The first-order chi connectivity index (χ1) is 9.27. The highest BCUT2D eigenvalue weighted by atomic mass is 32.2. The minimum absolute atomic E-state index is 0.0658. The van der Waals surface area contributed by atoms with Crippen molar-refractivity contribution in [3.05, 3.63) is 0 Å². The molecule has 20 heavy (non-hydrogen) atoms. The summed E-state index contributed by atoms with van der Waals surface area (Å²) in [6.45, 7) is 5.12. The molecule has 2 atom stereocenters. The molecule has 8 heteroatoms. The van der Waals surface area contributed by atoms with E-state index >= 15 is 0 Å². The van der Waals surface area contributed by atoms with Crippen LogP contribution in [0.1, 0.15) is 27.2 Å². The number of aliphatic hydroxyl groups excluding tert-OH is 1. The summed E-state index contributed by atoms with van der Waals surface area (Å²) in [6.07, 6.45) is 2.32. The van der Waals surface area contributed by atoms with Gasteiger partial charge in [-0.05, 0) is 31.3 Å². The predicted octanol–water partition coefficient (Wildman–Crippen LogP) is 0.181. The molecule has 3 N–H and O–H groups in total. The fraction of sp³-hybridized carbons (Fsp3) is 0.917. The zero-order chi connectivity index (χ0) is 15.8. The lowest BCUT2D eigenvalue weighted by Gasteiger charge is -2.24. The van der Waals surface area contributed by atoms with Gasteiger partial charge in [-0.1, -0.05) is 13.8 Å². The molecule has 0 spiro atoms. The van der Waals surface area contributed by atoms with Crippen LogP contribution in [0.25, 0.3) is 0 Å². The van der Waals surface area contributed by atoms with Crippen LogP contribution < -0.4 is 10.0 Å². The second kappa shape index (κ2) is 9.59. The van der Waals surface area contributed by atoms with Crippen molar-refractivity contribution in [2.75, 3.05) is 24.4 Å². The van der Waals surface area contributed by atoms with Crippen LogP contribution in [-0.4, -0.2) is 55.9 Å². The Labute approximate surface area is 126 Å². The molecular weight excluding hydrogens is 300 g/mol. The molecule has 1 amide bonds. The quantitative estimate of drug-likeness (QED) is 0.532. The number of hydrogen-bond donors (Lipinski definition) is 3. The van der Waals surface area contributed by atoms with Crippen molar-refractivity contribution in [1.29, 1.82) is 0 Å². The van der Waals surface area contributed by atoms with Gasteiger partial charge in [0.2, 0.25) is 15.9 Å². The standard InChI is InChI=1S/C12H26N2O4S2/c1-5-20(17,18)14-10(6-7-19-4)12(16)13-11(8-15)9(2)3/h9-11,14-15H,5-8H2,1-4H3,(H,13,16)/t10?,11-/m1/s1. The normalized spacial score (nSPS) is 15.1. The first-order valence-electron chi connectivity index (χ1n) is 6.67. The molecule has 0 aromatic carbocycles. The van der Waals surface area contributed by atoms with E-state index in [9.17, 15) is 18.3 Å². The molecule has 0 aliphatic heterocycles. The van der Waals surface area contributed by atoms with E-state index in [-0.39, 0.29) is 30.2 Å². The lowest BCUT2D eigenvalue weighted by Crippen LogP contribution is -2.52. The van der Waals surface area contributed by atoms with E-state index in [0.29, 0.717) is 12.2 Å². The summed E-state index contributed by atoms with van der Waals surface area (Å²) in [5.41, 5.74) is 0. The van der Waals surface area contributed by atoms with Crippen LogP contribution in [0, 0.1) is 5.92 Å². The van der Waals surface area contributed by atoms with Gasteiger partial charge in [0.25, 0.3) is 0 Å². The molecule has 0 aromatic heterocycles. The lowest BCUT2D eigenvalue weighted by atomic mass is 10.0. The molecule has 0 saturated heterocycles. The molecule has 1 unspecified atom stereocenters. The topological polar surface area (TPSA) is 95.5 Å². The van der Waals surface area contributed by atoms with Crippen molar-refractivity contribution >= 4 is 27.7 Å². The summed E-state index contributed by atoms with van der Waals surface area (Å²) in [5.74, 6) is 0.302. The SMILES string of the molecule is CCS(=O)(=O)NC(CCSC)C(=O)N[C@H](CO)C(C)C. The van der Waals surface area contributed by atoms with Crippen molar-refractivity contribution in [3.63, 3.8) is 0 Å². The number of carbonyl (C=O) groups is 1. The van der Waals surface area contributed by atoms with Crippen LogP contribution in [0.3, 0.4) is 0 Å². The largest absolute Gasteiger partial charge is 0.394 e. The van der Waals surface area contributed by atoms with Crippen molar-refractivity contribution in [3.8, 4) is 0 Å². The van der Waals surface area contributed by atoms with Crippen LogP contribution in [0.2, 0.25) is 0 Å². The maximum Gasteiger partial charge on any atom is 0.238 e. The van der Waals surface area contributed by atoms with Crippen molar-refractivity contribution in [2.45, 2.75) is 39.3 Å². The third-order valence-electron chi connectivity index (χ3n) is 2.96. The van der Waals surface area contributed by atoms with Gasteiger partial charge in [0.15, 0.2) is 0 Å². The zero-order valence-corrected chi connectivity index (χ0v) is 14.2. The summed E-state index contributed by atoms with van der Waals surface area (Å²) in [4.78, 5) is 12.2. The third kappa shape index (κ3) is 7.47. The monoisotopic (exact) mass is 326 g/mol. The van der Waals surface area contributed by atoms with E-state index in [1.54, 1.807) is 11.8 Å². The molecular formula is C12H26N2O4S2. The fourth-order valence-electron chi connectivity index (χ4n) is 1.49. The van der Waals surface area contributed by atoms with Crippen LogP contribution in [0.15, 0.2) is 0 Å². The number of sulfonamides is 1. The van der Waals surface area contributed by atoms with Crippen molar-refractivity contribution in [1.82, 2.24) is 10.0 Å². The zero-order valence-electron chi connectivity index (χ0n) is 12.5. The molecule has 0 aliphatic rings. The van der Waals surface area contributed by atoms with E-state index < -0.39 is 16.1 Å².